The van der Waals surface area contributed by atoms with Crippen molar-refractivity contribution >= 4 is 13.8 Å². The van der Waals surface area contributed by atoms with Gasteiger partial charge in [-0.15, -0.1) is 0 Å². The monoisotopic (exact) mass is 232 g/mol. The third kappa shape index (κ3) is 58.8. The van der Waals surface area contributed by atoms with Crippen molar-refractivity contribution in [1.82, 2.24) is 0 Å². The number of carboxylic acids is 1. The van der Waals surface area contributed by atoms with Crippen molar-refractivity contribution in [2.45, 2.75) is 13.0 Å². The van der Waals surface area contributed by atoms with Gasteiger partial charge in [0, 0.05) is 0 Å². The number of carbonyl (C=O) groups is 1. The molecular weight excluding hydrogens is 225 g/mol. The van der Waals surface area contributed by atoms with Crippen LogP contribution >= 0.6 is 7.82 Å². The Morgan fingerprint density at radius 1 is 1.38 bits per heavy atom. The van der Waals surface area contributed by atoms with Crippen molar-refractivity contribution in [2.75, 3.05) is 0 Å². The van der Waals surface area contributed by atoms with Crippen LogP contribution in [-0.2, 0) is 9.36 Å². The van der Waals surface area contributed by atoms with Gasteiger partial charge in [-0.2, -0.15) is 0 Å². The fourth-order valence-corrected chi connectivity index (χ4v) is 0. The van der Waals surface area contributed by atoms with Crippen LogP contribution < -0.4 is 69.1 Å². The Morgan fingerprint density at radius 2 is 1.46 bits per heavy atom. The van der Waals surface area contributed by atoms with Gasteiger partial charge in [0.25, 0.3) is 7.82 Å². The van der Waals surface area contributed by atoms with E-state index in [2.05, 4.69) is 0 Å². The average molecular weight is 232 g/mol. The standard InChI is InChI=1S/C3H6O3.2Na.H3O4P/c1-2(4)3(5)6;;;1-5(2,3)4/h2,4H,1H3,(H,5,6);;;(H3,1,2,3,4)/q;2*+1;/p-2. The molecule has 1 atom stereocenters. The van der Waals surface area contributed by atoms with E-state index in [1.54, 1.807) is 0 Å². The van der Waals surface area contributed by atoms with E-state index >= 15 is 0 Å². The van der Waals surface area contributed by atoms with Crippen LogP contribution in [0.1, 0.15) is 6.92 Å². The zero-order valence-electron chi connectivity index (χ0n) is 7.50. The Bertz CT molecular complexity index is 157. The molecule has 13 heavy (non-hydrogen) atoms. The molecule has 0 fully saturated rings. The maximum absolute atomic E-state index is 9.34. The summed E-state index contributed by atoms with van der Waals surface area (Å²) in [5.41, 5.74) is 0. The molecule has 0 aromatic rings. The van der Waals surface area contributed by atoms with Crippen LogP contribution in [0.2, 0.25) is 0 Å². The summed E-state index contributed by atoms with van der Waals surface area (Å²) < 4.78 is 8.77. The Balaban J connectivity index is -0.0000000546. The topological polar surface area (TPSA) is 141 Å². The van der Waals surface area contributed by atoms with Crippen molar-refractivity contribution in [2.24, 2.45) is 0 Å². The Labute approximate surface area is 119 Å². The van der Waals surface area contributed by atoms with Crippen molar-refractivity contribution in [3.63, 3.8) is 0 Å². The largest absolute Gasteiger partial charge is 1.00 e. The molecule has 0 aliphatic rings. The number of aliphatic hydroxyl groups excluding tert-OH is 1. The minimum absolute atomic E-state index is 0. The maximum Gasteiger partial charge on any atom is 1.00 e. The first-order valence-corrected chi connectivity index (χ1v) is 3.83. The molecule has 0 amide bonds. The quantitative estimate of drug-likeness (QED) is 0.301. The van der Waals surface area contributed by atoms with Crippen LogP contribution in [0.25, 0.3) is 0 Å². The molecule has 1 unspecified atom stereocenters. The second-order valence-electron chi connectivity index (χ2n) is 1.49. The van der Waals surface area contributed by atoms with Gasteiger partial charge in [0.15, 0.2) is 0 Å². The van der Waals surface area contributed by atoms with Gasteiger partial charge in [0.2, 0.25) is 0 Å². The van der Waals surface area contributed by atoms with E-state index in [9.17, 15) is 9.90 Å². The molecule has 10 heteroatoms. The van der Waals surface area contributed by atoms with Crippen molar-refractivity contribution in [1.29, 1.82) is 0 Å². The summed E-state index contributed by atoms with van der Waals surface area (Å²) in [6.45, 7) is 1.13. The number of phosphoric acid groups is 1. The minimum Gasteiger partial charge on any atom is -0.756 e. The molecule has 0 spiro atoms. The van der Waals surface area contributed by atoms with E-state index in [1.165, 1.54) is 0 Å². The first kappa shape index (κ1) is 24.0. The second-order valence-corrected chi connectivity index (χ2v) is 2.47. The molecule has 0 aliphatic carbocycles. The summed E-state index contributed by atoms with van der Waals surface area (Å²) >= 11 is 0. The van der Waals surface area contributed by atoms with E-state index in [4.69, 9.17) is 24.4 Å². The Morgan fingerprint density at radius 3 is 1.46 bits per heavy atom. The number of hydrogen-bond acceptors (Lipinski definition) is 5. The fourth-order valence-electron chi connectivity index (χ4n) is 0. The van der Waals surface area contributed by atoms with Gasteiger partial charge in [-0.3, -0.25) is 4.57 Å². The van der Waals surface area contributed by atoms with Crippen LogP contribution in [0, 0.1) is 0 Å². The van der Waals surface area contributed by atoms with Crippen LogP contribution in [-0.4, -0.2) is 27.0 Å². The predicted octanol–water partition coefficient (Wildman–Crippen LogP) is -9.44. The summed E-state index contributed by atoms with van der Waals surface area (Å²) in [5.74, 6) is -1.44. The third-order valence-corrected chi connectivity index (χ3v) is 0.341. The van der Waals surface area contributed by atoms with Gasteiger partial charge in [0.1, 0.15) is 0 Å². The van der Waals surface area contributed by atoms with Crippen molar-refractivity contribution < 1.29 is 93.4 Å². The van der Waals surface area contributed by atoms with Crippen LogP contribution in [0.5, 0.6) is 0 Å². The first-order chi connectivity index (χ1) is 4.64. The second kappa shape index (κ2) is 11.6. The summed E-state index contributed by atoms with van der Waals surface area (Å²) in [6.07, 6.45) is -1.34. The summed E-state index contributed by atoms with van der Waals surface area (Å²) in [7, 11) is -4.89. The molecule has 7 nitrogen and oxygen atoms in total. The van der Waals surface area contributed by atoms with Gasteiger partial charge in [0.05, 0.1) is 12.1 Å². The minimum atomic E-state index is -4.89. The molecule has 0 bridgehead atoms. The maximum atomic E-state index is 9.34. The number of hydrogen-bond donors (Lipinski definition) is 3. The van der Waals surface area contributed by atoms with E-state index in [1.807, 2.05) is 0 Å². The van der Waals surface area contributed by atoms with E-state index < -0.39 is 19.9 Å². The van der Waals surface area contributed by atoms with Gasteiger partial charge < -0.3 is 29.7 Å². The Hall–Kier alpha value is 1.54. The van der Waals surface area contributed by atoms with Crippen LogP contribution in [0.4, 0.5) is 0 Å². The average Bonchev–Trinajstić information content (AvgIpc) is 1.59. The molecule has 0 radical (unpaired) electrons. The van der Waals surface area contributed by atoms with E-state index in [0.717, 1.165) is 6.92 Å². The van der Waals surface area contributed by atoms with Gasteiger partial charge in [-0.1, -0.05) is 0 Å². The number of carboxylic acid groups (broad SMARTS) is 1. The smallest absolute Gasteiger partial charge is 0.756 e. The van der Waals surface area contributed by atoms with Gasteiger partial charge in [-0.05, 0) is 6.92 Å². The number of aliphatic carboxylic acids is 1. The molecule has 68 valence electrons. The SMILES string of the molecule is CC(O)C(=O)[O-].O=P([O-])(O)O.[Na+].[Na+]. The molecule has 0 rings (SSSR count). The van der Waals surface area contributed by atoms with Crippen molar-refractivity contribution in [3.05, 3.63) is 0 Å². The third-order valence-electron chi connectivity index (χ3n) is 0.341. The molecule has 0 aliphatic heterocycles. The normalized spacial score (nSPS) is 10.8. The van der Waals surface area contributed by atoms with E-state index in [0.29, 0.717) is 0 Å². The molecule has 0 saturated carbocycles. The number of carbonyl (C=O) groups excluding carboxylic acids is 1. The Kier molecular flexibility index (Phi) is 21.4. The number of rotatable bonds is 1. The van der Waals surface area contributed by atoms with E-state index in [-0.39, 0.29) is 59.1 Å². The molecule has 0 aromatic heterocycles. The fraction of sp³-hybridized carbons (Fsp3) is 0.667. The summed E-state index contributed by atoms with van der Waals surface area (Å²) in [6, 6.07) is 0. The molecule has 0 saturated heterocycles. The number of aliphatic hydroxyl groups is 1. The molecule has 0 heterocycles. The summed E-state index contributed by atoms with van der Waals surface area (Å²) in [4.78, 5) is 32.3. The van der Waals surface area contributed by atoms with Crippen molar-refractivity contribution in [3.8, 4) is 0 Å². The predicted molar refractivity (Wildman–Crippen MR) is 28.7 cm³/mol. The van der Waals surface area contributed by atoms with Gasteiger partial charge in [-0.25, -0.2) is 0 Å². The zero-order valence-corrected chi connectivity index (χ0v) is 12.4. The molecule has 0 aromatic carbocycles. The molecule has 3 N–H and O–H groups in total. The van der Waals surface area contributed by atoms with Gasteiger partial charge >= 0.3 is 59.1 Å². The summed E-state index contributed by atoms with van der Waals surface area (Å²) in [5, 5.41) is 17.3. The first-order valence-electron chi connectivity index (χ1n) is 2.30. The zero-order chi connectivity index (χ0) is 9.65. The molecular formula is C3H7Na2O7P. The van der Waals surface area contributed by atoms with Crippen LogP contribution in [0.3, 0.4) is 0 Å². The van der Waals surface area contributed by atoms with Crippen LogP contribution in [0.15, 0.2) is 0 Å².